The van der Waals surface area contributed by atoms with Gasteiger partial charge in [-0.2, -0.15) is 0 Å². The van der Waals surface area contributed by atoms with Crippen LogP contribution in [0.2, 0.25) is 0 Å². The van der Waals surface area contributed by atoms with Crippen LogP contribution in [-0.4, -0.2) is 18.7 Å². The van der Waals surface area contributed by atoms with E-state index in [0.717, 1.165) is 48.1 Å². The summed E-state index contributed by atoms with van der Waals surface area (Å²) in [6.07, 6.45) is 1.81. The number of pyridine rings is 1. The molecule has 0 aliphatic heterocycles. The fraction of sp³-hybridized carbons (Fsp3) is 0.0323. The summed E-state index contributed by atoms with van der Waals surface area (Å²) in [5.41, 5.74) is 5.21. The van der Waals surface area contributed by atoms with Gasteiger partial charge in [-0.1, -0.05) is 18.2 Å². The van der Waals surface area contributed by atoms with E-state index in [9.17, 15) is 0 Å². The van der Waals surface area contributed by atoms with E-state index in [0.29, 0.717) is 11.5 Å². The molecule has 0 atom stereocenters. The number of hydrogen-bond donors (Lipinski definition) is 0. The third kappa shape index (κ3) is 3.58. The fourth-order valence-corrected chi connectivity index (χ4v) is 5.72. The maximum absolute atomic E-state index is 6.33. The molecule has 6 heteroatoms. The van der Waals surface area contributed by atoms with Crippen molar-refractivity contribution in [3.8, 4) is 23.0 Å². The van der Waals surface area contributed by atoms with Gasteiger partial charge in [0.15, 0.2) is 0 Å². The van der Waals surface area contributed by atoms with Crippen LogP contribution in [0.25, 0.3) is 44.3 Å². The van der Waals surface area contributed by atoms with Gasteiger partial charge in [0.25, 0.3) is 0 Å². The topological polar surface area (TPSA) is 36.9 Å². The Labute approximate surface area is 224 Å². The zero-order valence-corrected chi connectivity index (χ0v) is 22.1. The van der Waals surface area contributed by atoms with Crippen LogP contribution in [0.15, 0.2) is 103 Å². The summed E-state index contributed by atoms with van der Waals surface area (Å²) in [4.78, 5) is 4.61. The number of nitrogens with zero attached hydrogens (tertiary/aromatic N) is 4. The van der Waals surface area contributed by atoms with E-state index in [4.69, 9.17) is 4.74 Å². The van der Waals surface area contributed by atoms with E-state index in [-0.39, 0.29) is 0 Å². The van der Waals surface area contributed by atoms with Crippen LogP contribution >= 0.6 is 0 Å². The average molecular weight is 660 g/mol. The molecule has 4 aromatic carbocycles. The number of fused-ring (bicyclic) bond motifs is 4. The van der Waals surface area contributed by atoms with Gasteiger partial charge in [-0.3, -0.25) is 0 Å². The van der Waals surface area contributed by atoms with E-state index in [1.165, 1.54) is 0 Å². The summed E-state index contributed by atoms with van der Waals surface area (Å²) in [5.74, 6) is 2.10. The second kappa shape index (κ2) is 8.72. The summed E-state index contributed by atoms with van der Waals surface area (Å²) in [6.45, 7) is 0. The molecular weight excluding hydrogens is 639 g/mol. The van der Waals surface area contributed by atoms with E-state index < -0.39 is 0 Å². The summed E-state index contributed by atoms with van der Waals surface area (Å²) in [7, 11) is 2.08. The number of ether oxygens (including phenoxy) is 1. The molecule has 0 spiro atoms. The van der Waals surface area contributed by atoms with Crippen LogP contribution in [0.5, 0.6) is 11.5 Å². The van der Waals surface area contributed by atoms with Gasteiger partial charge in [0.1, 0.15) is 0 Å². The van der Waals surface area contributed by atoms with Crippen LogP contribution in [-0.2, 0) is 26.4 Å². The molecule has 0 unspecified atom stereocenters. The van der Waals surface area contributed by atoms with Crippen LogP contribution in [0.1, 0.15) is 0 Å². The van der Waals surface area contributed by atoms with Crippen LogP contribution in [0.3, 0.4) is 0 Å². The zero-order chi connectivity index (χ0) is 24.9. The Hall–Kier alpha value is -4.21. The molecule has 7 aromatic rings. The summed E-state index contributed by atoms with van der Waals surface area (Å²) in [6, 6.07) is 39.6. The molecule has 3 aromatic heterocycles. The van der Waals surface area contributed by atoms with Crippen molar-refractivity contribution in [2.75, 3.05) is 0 Å². The SMILES string of the molecule is Cn1[c](=[Pt])n(-c2[c-]c(Oc3[c-]c4c(cc3)c3ccccc3n4-c3ccccn3)ccc2)c2ccccc21. The maximum atomic E-state index is 6.33. The molecule has 0 aliphatic rings. The summed E-state index contributed by atoms with van der Waals surface area (Å²) >= 11 is 2.35. The monoisotopic (exact) mass is 659 g/mol. The Balaban J connectivity index is 1.34. The minimum absolute atomic E-state index is 0.624. The van der Waals surface area contributed by atoms with Gasteiger partial charge >= 0.3 is 194 Å². The Bertz CT molecular complexity index is 2000. The predicted molar refractivity (Wildman–Crippen MR) is 142 cm³/mol. The van der Waals surface area contributed by atoms with Gasteiger partial charge in [0.05, 0.1) is 0 Å². The predicted octanol–water partition coefficient (Wildman–Crippen LogP) is 6.93. The number of rotatable bonds is 4. The number of aryl methyl sites for hydroxylation is 1. The first-order valence-corrected chi connectivity index (χ1v) is 13.0. The normalized spacial score (nSPS) is 11.5. The van der Waals surface area contributed by atoms with Crippen molar-refractivity contribution in [1.82, 2.24) is 18.7 Å². The van der Waals surface area contributed by atoms with Gasteiger partial charge in [-0.15, -0.1) is 0 Å². The second-order valence-electron chi connectivity index (χ2n) is 8.75. The molecule has 0 radical (unpaired) electrons. The van der Waals surface area contributed by atoms with Crippen molar-refractivity contribution in [3.05, 3.63) is 119 Å². The molecule has 7 rings (SSSR count). The first kappa shape index (κ1) is 22.0. The Morgan fingerprint density at radius 1 is 0.676 bits per heavy atom. The molecule has 0 aliphatic carbocycles. The number of benzene rings is 4. The van der Waals surface area contributed by atoms with Crippen molar-refractivity contribution in [1.29, 1.82) is 0 Å². The Morgan fingerprint density at radius 3 is 2.27 bits per heavy atom. The van der Waals surface area contributed by atoms with Gasteiger partial charge < -0.3 is 0 Å². The molecule has 0 saturated carbocycles. The van der Waals surface area contributed by atoms with Crippen molar-refractivity contribution in [3.63, 3.8) is 0 Å². The van der Waals surface area contributed by atoms with E-state index in [2.05, 4.69) is 106 Å². The number of para-hydroxylation sites is 3. The van der Waals surface area contributed by atoms with Gasteiger partial charge in [0.2, 0.25) is 0 Å². The molecule has 0 fully saturated rings. The van der Waals surface area contributed by atoms with Gasteiger partial charge in [0, 0.05) is 6.20 Å². The minimum atomic E-state index is 0.624. The number of aromatic nitrogens is 4. The van der Waals surface area contributed by atoms with Gasteiger partial charge in [-0.05, 0) is 6.07 Å². The van der Waals surface area contributed by atoms with E-state index >= 15 is 0 Å². The third-order valence-electron chi connectivity index (χ3n) is 6.56. The fourth-order valence-electron chi connectivity index (χ4n) is 4.89. The van der Waals surface area contributed by atoms with Crippen molar-refractivity contribution in [2.24, 2.45) is 7.05 Å². The molecule has 37 heavy (non-hydrogen) atoms. The van der Waals surface area contributed by atoms with Crippen molar-refractivity contribution < 1.29 is 24.1 Å². The molecule has 182 valence electrons. The van der Waals surface area contributed by atoms with E-state index in [1.54, 1.807) is 0 Å². The first-order valence-electron chi connectivity index (χ1n) is 11.9. The summed E-state index contributed by atoms with van der Waals surface area (Å²) < 4.78 is 13.9. The Kier molecular flexibility index (Phi) is 5.19. The average Bonchev–Trinajstić information content (AvgIpc) is 3.40. The van der Waals surface area contributed by atoms with Crippen LogP contribution in [0.4, 0.5) is 0 Å². The molecule has 3 heterocycles. The first-order chi connectivity index (χ1) is 18.2. The van der Waals surface area contributed by atoms with Crippen LogP contribution < -0.4 is 4.74 Å². The van der Waals surface area contributed by atoms with Crippen LogP contribution in [0, 0.1) is 15.9 Å². The van der Waals surface area contributed by atoms with E-state index in [1.807, 2.05) is 54.7 Å². The molecule has 0 amide bonds. The molecule has 5 nitrogen and oxygen atoms in total. The molecular formula is C31H20N4OPt-2. The summed E-state index contributed by atoms with van der Waals surface area (Å²) in [5, 5.41) is 2.26. The molecule has 0 bridgehead atoms. The van der Waals surface area contributed by atoms with Gasteiger partial charge in [-0.25, -0.2) is 0 Å². The zero-order valence-electron chi connectivity index (χ0n) is 19.8. The molecule has 0 N–H and O–H groups in total. The number of hydrogen-bond acceptors (Lipinski definition) is 2. The Morgan fingerprint density at radius 2 is 1.43 bits per heavy atom. The number of imidazole rings is 1. The second-order valence-corrected chi connectivity index (χ2v) is 9.77. The standard InChI is InChI=1S/C31H20N4O.Pt/c1-33-21-34(29-14-5-4-13-28(29)33)22-9-8-10-23(19-22)36-24-16-17-26-25-11-2-3-12-27(25)35(30(26)20-24)31-15-6-7-18-32-31;/h2-18H,1H3;/q-2;. The molecule has 0 saturated heterocycles. The quantitative estimate of drug-likeness (QED) is 0.192. The van der Waals surface area contributed by atoms with Crippen molar-refractivity contribution in [2.45, 2.75) is 0 Å². The van der Waals surface area contributed by atoms with Crippen molar-refractivity contribution >= 4 is 32.8 Å². The third-order valence-corrected chi connectivity index (χ3v) is 7.83.